The van der Waals surface area contributed by atoms with Crippen LogP contribution in [0.25, 0.3) is 0 Å². The maximum Gasteiger partial charge on any atom is 0.257 e. The minimum Gasteiger partial charge on any atom is -0.496 e. The summed E-state index contributed by atoms with van der Waals surface area (Å²) in [5, 5.41) is 0. The van der Waals surface area contributed by atoms with E-state index in [1.165, 1.54) is 25.3 Å². The van der Waals surface area contributed by atoms with Crippen molar-refractivity contribution in [1.29, 1.82) is 0 Å². The lowest BCUT2D eigenvalue weighted by atomic mass is 10.1. The smallest absolute Gasteiger partial charge is 0.257 e. The molecule has 23 heavy (non-hydrogen) atoms. The van der Waals surface area contributed by atoms with E-state index in [-0.39, 0.29) is 10.8 Å². The topological polar surface area (TPSA) is 75.7 Å². The van der Waals surface area contributed by atoms with Crippen molar-refractivity contribution in [2.45, 2.75) is 37.5 Å². The van der Waals surface area contributed by atoms with Crippen molar-refractivity contribution in [3.8, 4) is 5.75 Å². The number of sulfonamides is 1. The van der Waals surface area contributed by atoms with Crippen LogP contribution in [-0.2, 0) is 10.0 Å². The normalized spacial score (nSPS) is 15.5. The molecule has 7 heteroatoms. The number of carbonyl (C=O) groups excluding carboxylic acids is 1. The van der Waals surface area contributed by atoms with Gasteiger partial charge in [0.1, 0.15) is 5.75 Å². The number of nitrogens with one attached hydrogen (secondary N) is 1. The number of rotatable bonds is 6. The Hall–Kier alpha value is -1.60. The van der Waals surface area contributed by atoms with Crippen LogP contribution in [0.15, 0.2) is 23.1 Å². The van der Waals surface area contributed by atoms with Crippen LogP contribution in [0.2, 0.25) is 0 Å². The Morgan fingerprint density at radius 1 is 1.26 bits per heavy atom. The summed E-state index contributed by atoms with van der Waals surface area (Å²) in [6.07, 6.45) is 3.78. The Bertz CT molecular complexity index is 652. The number of amides is 1. The van der Waals surface area contributed by atoms with Crippen molar-refractivity contribution in [1.82, 2.24) is 9.62 Å². The third kappa shape index (κ3) is 4.23. The van der Waals surface area contributed by atoms with Crippen LogP contribution in [0.1, 0.15) is 43.0 Å². The van der Waals surface area contributed by atoms with Gasteiger partial charge in [0.15, 0.2) is 0 Å². The van der Waals surface area contributed by atoms with Gasteiger partial charge in [0.25, 0.3) is 5.91 Å². The summed E-state index contributed by atoms with van der Waals surface area (Å²) in [4.78, 5) is 14.6. The zero-order valence-electron chi connectivity index (χ0n) is 13.7. The maximum atomic E-state index is 12.7. The summed E-state index contributed by atoms with van der Waals surface area (Å²) < 4.78 is 32.3. The molecule has 0 unspecified atom stereocenters. The van der Waals surface area contributed by atoms with E-state index in [2.05, 4.69) is 4.72 Å². The molecule has 0 aliphatic carbocycles. The van der Waals surface area contributed by atoms with E-state index < -0.39 is 10.0 Å². The number of nitrogens with zero attached hydrogens (tertiary/aromatic N) is 1. The fraction of sp³-hybridized carbons (Fsp3) is 0.562. The second-order valence-corrected chi connectivity index (χ2v) is 7.38. The molecule has 0 aromatic heterocycles. The van der Waals surface area contributed by atoms with Crippen LogP contribution in [0.4, 0.5) is 0 Å². The number of benzene rings is 1. The van der Waals surface area contributed by atoms with Gasteiger partial charge in [-0.1, -0.05) is 6.92 Å². The molecule has 1 saturated heterocycles. The first-order valence-corrected chi connectivity index (χ1v) is 9.45. The van der Waals surface area contributed by atoms with E-state index in [0.29, 0.717) is 37.4 Å². The number of hydrogen-bond donors (Lipinski definition) is 1. The molecule has 128 valence electrons. The monoisotopic (exact) mass is 340 g/mol. The predicted molar refractivity (Wildman–Crippen MR) is 88.2 cm³/mol. The summed E-state index contributed by atoms with van der Waals surface area (Å²) in [7, 11) is -2.13. The first kappa shape index (κ1) is 17.7. The van der Waals surface area contributed by atoms with Gasteiger partial charge < -0.3 is 9.64 Å². The van der Waals surface area contributed by atoms with E-state index in [0.717, 1.165) is 19.3 Å². The molecule has 6 nitrogen and oxygen atoms in total. The van der Waals surface area contributed by atoms with Crippen molar-refractivity contribution in [2.75, 3.05) is 26.7 Å². The van der Waals surface area contributed by atoms with E-state index in [1.807, 2.05) is 6.92 Å². The molecular formula is C16H24N2O4S. The summed E-state index contributed by atoms with van der Waals surface area (Å²) in [5.74, 6) is 0.226. The van der Waals surface area contributed by atoms with E-state index in [4.69, 9.17) is 4.74 Å². The van der Waals surface area contributed by atoms with Crippen LogP contribution in [0.3, 0.4) is 0 Å². The Labute approximate surface area is 137 Å². The summed E-state index contributed by atoms with van der Waals surface area (Å²) in [6.45, 7) is 3.66. The number of hydrogen-bond acceptors (Lipinski definition) is 4. The number of piperidine rings is 1. The van der Waals surface area contributed by atoms with Gasteiger partial charge in [-0.15, -0.1) is 0 Å². The maximum absolute atomic E-state index is 12.7. The molecule has 1 heterocycles. The van der Waals surface area contributed by atoms with Gasteiger partial charge in [-0.3, -0.25) is 4.79 Å². The second-order valence-electron chi connectivity index (χ2n) is 5.61. The third-order valence-electron chi connectivity index (χ3n) is 3.90. The Morgan fingerprint density at radius 2 is 1.96 bits per heavy atom. The van der Waals surface area contributed by atoms with Gasteiger partial charge in [0.05, 0.1) is 17.6 Å². The molecule has 1 fully saturated rings. The molecule has 0 saturated carbocycles. The molecule has 1 aliphatic rings. The highest BCUT2D eigenvalue weighted by Crippen LogP contribution is 2.25. The average molecular weight is 340 g/mol. The van der Waals surface area contributed by atoms with Crippen molar-refractivity contribution in [3.63, 3.8) is 0 Å². The lowest BCUT2D eigenvalue weighted by Crippen LogP contribution is -2.36. The molecular weight excluding hydrogens is 316 g/mol. The van der Waals surface area contributed by atoms with Gasteiger partial charge in [-0.25, -0.2) is 13.1 Å². The number of likely N-dealkylation sites (tertiary alicyclic amines) is 1. The minimum absolute atomic E-state index is 0.0899. The minimum atomic E-state index is -3.61. The summed E-state index contributed by atoms with van der Waals surface area (Å²) in [5.41, 5.74) is 0.300. The van der Waals surface area contributed by atoms with E-state index in [1.54, 1.807) is 4.90 Å². The zero-order valence-corrected chi connectivity index (χ0v) is 14.5. The fourth-order valence-corrected chi connectivity index (χ4v) is 3.77. The lowest BCUT2D eigenvalue weighted by molar-refractivity contribution is 0.0720. The number of methoxy groups -OCH3 is 1. The van der Waals surface area contributed by atoms with Gasteiger partial charge in [0.2, 0.25) is 10.0 Å². The van der Waals surface area contributed by atoms with Gasteiger partial charge in [-0.2, -0.15) is 0 Å². The highest BCUT2D eigenvalue weighted by atomic mass is 32.2. The van der Waals surface area contributed by atoms with Gasteiger partial charge in [-0.05, 0) is 43.9 Å². The van der Waals surface area contributed by atoms with Crippen LogP contribution in [0.5, 0.6) is 5.75 Å². The SMILES string of the molecule is CCCNS(=O)(=O)c1ccc(OC)c(C(=O)N2CCCCC2)c1. The molecule has 0 radical (unpaired) electrons. The predicted octanol–water partition coefficient (Wildman–Crippen LogP) is 2.01. The van der Waals surface area contributed by atoms with E-state index >= 15 is 0 Å². The van der Waals surface area contributed by atoms with Crippen LogP contribution in [0, 0.1) is 0 Å². The van der Waals surface area contributed by atoms with Crippen molar-refractivity contribution in [2.24, 2.45) is 0 Å². The van der Waals surface area contributed by atoms with Gasteiger partial charge >= 0.3 is 0 Å². The zero-order chi connectivity index (χ0) is 16.9. The third-order valence-corrected chi connectivity index (χ3v) is 5.36. The second kappa shape index (κ2) is 7.79. The summed E-state index contributed by atoms with van der Waals surface area (Å²) in [6, 6.07) is 4.41. The number of carbonyl (C=O) groups is 1. The molecule has 1 aromatic carbocycles. The molecule has 1 aliphatic heterocycles. The highest BCUT2D eigenvalue weighted by Gasteiger charge is 2.24. The lowest BCUT2D eigenvalue weighted by Gasteiger charge is -2.27. The Balaban J connectivity index is 2.33. The summed E-state index contributed by atoms with van der Waals surface area (Å²) >= 11 is 0. The van der Waals surface area contributed by atoms with Crippen LogP contribution in [-0.4, -0.2) is 46.0 Å². The quantitative estimate of drug-likeness (QED) is 0.859. The fourth-order valence-electron chi connectivity index (χ4n) is 2.61. The molecule has 0 atom stereocenters. The van der Waals surface area contributed by atoms with Crippen molar-refractivity contribution < 1.29 is 17.9 Å². The standard InChI is InChI=1S/C16H24N2O4S/c1-3-9-17-23(20,21)13-7-8-15(22-2)14(12-13)16(19)18-10-5-4-6-11-18/h7-8,12,17H,3-6,9-11H2,1-2H3. The van der Waals surface area contributed by atoms with Gasteiger partial charge in [0, 0.05) is 19.6 Å². The largest absolute Gasteiger partial charge is 0.496 e. The van der Waals surface area contributed by atoms with E-state index in [9.17, 15) is 13.2 Å². The molecule has 0 spiro atoms. The first-order valence-electron chi connectivity index (χ1n) is 7.96. The highest BCUT2D eigenvalue weighted by molar-refractivity contribution is 7.89. The van der Waals surface area contributed by atoms with Crippen molar-refractivity contribution >= 4 is 15.9 Å². The Morgan fingerprint density at radius 3 is 2.57 bits per heavy atom. The van der Waals surface area contributed by atoms with Crippen LogP contribution < -0.4 is 9.46 Å². The average Bonchev–Trinajstić information content (AvgIpc) is 2.59. The Kier molecular flexibility index (Phi) is 6.01. The molecule has 1 amide bonds. The van der Waals surface area contributed by atoms with Crippen LogP contribution >= 0.6 is 0 Å². The molecule has 0 bridgehead atoms. The molecule has 2 rings (SSSR count). The number of ether oxygens (including phenoxy) is 1. The van der Waals surface area contributed by atoms with Crippen molar-refractivity contribution in [3.05, 3.63) is 23.8 Å². The molecule has 1 aromatic rings. The molecule has 1 N–H and O–H groups in total. The first-order chi connectivity index (χ1) is 11.0.